The number of hydrogen-bond acceptors (Lipinski definition) is 11. The molecule has 0 fully saturated rings. The molecule has 0 spiro atoms. The summed E-state index contributed by atoms with van der Waals surface area (Å²) in [6.07, 6.45) is 13.0. The van der Waals surface area contributed by atoms with Gasteiger partial charge in [0, 0.05) is 50.9 Å². The van der Waals surface area contributed by atoms with Crippen LogP contribution in [-0.2, 0) is 46.6 Å². The number of unbranched alkanes of at least 4 members (excludes halogenated alkanes) is 4. The SMILES string of the molecule is CCCCCn1c2c(c(=O)n3c(S(C)(=O)=O)nnc13)CC=N2.CCCCCn1c2c(c(=O)n3c(S(C)=O)nnc13)CC=N2. The monoisotopic (exact) mass is 630 g/mol. The van der Waals surface area contributed by atoms with Gasteiger partial charge >= 0.3 is 0 Å². The Morgan fingerprint density at radius 2 is 1.26 bits per heavy atom. The molecule has 0 bridgehead atoms. The summed E-state index contributed by atoms with van der Waals surface area (Å²) in [6.45, 7) is 5.59. The number of nitrogens with zero attached hydrogens (tertiary/aromatic N) is 10. The number of aromatic nitrogens is 8. The smallest absolute Gasteiger partial charge is 0.267 e. The maximum Gasteiger partial charge on any atom is 0.267 e. The van der Waals surface area contributed by atoms with Gasteiger partial charge in [0.05, 0.1) is 21.9 Å². The van der Waals surface area contributed by atoms with Gasteiger partial charge in [-0.15, -0.1) is 20.4 Å². The van der Waals surface area contributed by atoms with E-state index in [0.29, 0.717) is 47.9 Å². The van der Waals surface area contributed by atoms with Gasteiger partial charge in [0.15, 0.2) is 0 Å². The van der Waals surface area contributed by atoms with Crippen LogP contribution in [0.4, 0.5) is 11.6 Å². The van der Waals surface area contributed by atoms with Crippen LogP contribution in [0, 0.1) is 0 Å². The highest BCUT2D eigenvalue weighted by molar-refractivity contribution is 7.90. The number of hydrogen-bond donors (Lipinski definition) is 0. The third-order valence-corrected chi connectivity index (χ3v) is 8.97. The summed E-state index contributed by atoms with van der Waals surface area (Å²) in [5, 5.41) is 15.5. The Labute approximate surface area is 249 Å². The summed E-state index contributed by atoms with van der Waals surface area (Å²) in [4.78, 5) is 33.7. The lowest BCUT2D eigenvalue weighted by atomic mass is 10.2. The van der Waals surface area contributed by atoms with Crippen LogP contribution >= 0.6 is 0 Å². The molecule has 0 aromatic carbocycles. The molecule has 6 rings (SSSR count). The number of sulfone groups is 1. The normalized spacial score (nSPS) is 14.3. The highest BCUT2D eigenvalue weighted by atomic mass is 32.2. The van der Waals surface area contributed by atoms with E-state index in [1.165, 1.54) is 10.7 Å². The van der Waals surface area contributed by atoms with E-state index in [2.05, 4.69) is 44.2 Å². The average Bonchev–Trinajstić information content (AvgIpc) is 3.77. The number of aliphatic imine (C=N–C) groups is 2. The highest BCUT2D eigenvalue weighted by Crippen LogP contribution is 2.26. The Kier molecular flexibility index (Phi) is 8.82. The predicted molar refractivity (Wildman–Crippen MR) is 163 cm³/mol. The molecule has 0 saturated heterocycles. The maximum absolute atomic E-state index is 12.6. The first-order valence-corrected chi connectivity index (χ1v) is 17.6. The van der Waals surface area contributed by atoms with E-state index in [1.54, 1.807) is 17.0 Å². The van der Waals surface area contributed by atoms with Gasteiger partial charge in [-0.05, 0) is 12.8 Å². The van der Waals surface area contributed by atoms with Crippen molar-refractivity contribution in [2.24, 2.45) is 9.98 Å². The molecular weight excluding hydrogens is 596 g/mol. The molecule has 0 N–H and O–H groups in total. The molecule has 4 aromatic heterocycles. The van der Waals surface area contributed by atoms with E-state index in [4.69, 9.17) is 0 Å². The molecule has 2 aliphatic heterocycles. The molecule has 0 aliphatic carbocycles. The Morgan fingerprint density at radius 1 is 0.767 bits per heavy atom. The minimum absolute atomic E-state index is 0.203. The van der Waals surface area contributed by atoms with E-state index < -0.39 is 26.2 Å². The van der Waals surface area contributed by atoms with E-state index in [1.807, 2.05) is 4.57 Å². The number of fused-ring (bicyclic) bond motifs is 4. The number of aryl methyl sites for hydroxylation is 2. The molecule has 1 unspecified atom stereocenters. The molecule has 6 heterocycles. The zero-order valence-electron chi connectivity index (χ0n) is 24.6. The van der Waals surface area contributed by atoms with Crippen molar-refractivity contribution >= 4 is 56.3 Å². The van der Waals surface area contributed by atoms with Crippen LogP contribution in [0.15, 0.2) is 29.9 Å². The summed E-state index contributed by atoms with van der Waals surface area (Å²) in [6, 6.07) is 0. The first kappa shape index (κ1) is 30.6. The van der Waals surface area contributed by atoms with Crippen molar-refractivity contribution in [3.63, 3.8) is 0 Å². The van der Waals surface area contributed by atoms with Crippen LogP contribution in [0.2, 0.25) is 0 Å². The third-order valence-electron chi connectivity index (χ3n) is 7.27. The summed E-state index contributed by atoms with van der Waals surface area (Å²) in [5.74, 6) is 1.91. The van der Waals surface area contributed by atoms with Crippen LogP contribution in [0.25, 0.3) is 11.6 Å². The fraction of sp³-hybridized carbons (Fsp3) is 0.538. The van der Waals surface area contributed by atoms with Crippen molar-refractivity contribution < 1.29 is 12.6 Å². The standard InChI is InChI=1S/C13H17N5O3S.C13H17N5O2S/c1-3-4-5-8-17-10-9(6-7-14-10)11(19)18-12(17)15-16-13(18)22(2,20)21;1-3-4-5-8-17-10-9(6-7-14-10)11(19)18-12(17)15-16-13(18)21(2)20/h7H,3-6,8H2,1-2H3;7H,3-6,8H2,1-2H3. The van der Waals surface area contributed by atoms with Crippen molar-refractivity contribution in [2.75, 3.05) is 12.5 Å². The van der Waals surface area contributed by atoms with Crippen molar-refractivity contribution in [1.29, 1.82) is 0 Å². The van der Waals surface area contributed by atoms with E-state index in [9.17, 15) is 22.2 Å². The van der Waals surface area contributed by atoms with Gasteiger partial charge in [-0.25, -0.2) is 27.2 Å². The largest absolute Gasteiger partial charge is 0.294 e. The molecule has 15 nitrogen and oxygen atoms in total. The Morgan fingerprint density at radius 3 is 1.74 bits per heavy atom. The quantitative estimate of drug-likeness (QED) is 0.236. The van der Waals surface area contributed by atoms with Crippen molar-refractivity contribution in [2.45, 2.75) is 88.6 Å². The fourth-order valence-electron chi connectivity index (χ4n) is 5.18. The molecule has 230 valence electrons. The van der Waals surface area contributed by atoms with Crippen LogP contribution in [0.1, 0.15) is 63.5 Å². The molecule has 43 heavy (non-hydrogen) atoms. The molecule has 4 aromatic rings. The van der Waals surface area contributed by atoms with Gasteiger partial charge in [0.1, 0.15) is 11.6 Å². The van der Waals surface area contributed by atoms with Gasteiger partial charge in [-0.3, -0.25) is 22.9 Å². The second-order valence-electron chi connectivity index (χ2n) is 10.4. The molecule has 2 aliphatic rings. The lowest BCUT2D eigenvalue weighted by molar-refractivity contribution is 0.586. The van der Waals surface area contributed by atoms with Gasteiger partial charge in [0.25, 0.3) is 16.3 Å². The minimum Gasteiger partial charge on any atom is -0.294 e. The van der Waals surface area contributed by atoms with Crippen molar-refractivity contribution in [1.82, 2.24) is 38.3 Å². The predicted octanol–water partition coefficient (Wildman–Crippen LogP) is 1.82. The summed E-state index contributed by atoms with van der Waals surface area (Å²) >= 11 is 0. The topological polar surface area (TPSA) is 180 Å². The first-order chi connectivity index (χ1) is 20.6. The Bertz CT molecular complexity index is 2020. The van der Waals surface area contributed by atoms with Gasteiger partial charge in [-0.1, -0.05) is 39.5 Å². The van der Waals surface area contributed by atoms with Gasteiger partial charge in [0.2, 0.25) is 26.5 Å². The van der Waals surface area contributed by atoms with Crippen LogP contribution in [0.5, 0.6) is 0 Å². The molecular formula is C26H34N10O5S2. The number of rotatable bonds is 10. The first-order valence-electron chi connectivity index (χ1n) is 14.2. The van der Waals surface area contributed by atoms with Crippen LogP contribution in [-0.4, -0.2) is 75.9 Å². The second kappa shape index (κ2) is 12.4. The Balaban J connectivity index is 0.000000171. The van der Waals surface area contributed by atoms with Crippen LogP contribution < -0.4 is 11.1 Å². The lowest BCUT2D eigenvalue weighted by Gasteiger charge is -2.12. The summed E-state index contributed by atoms with van der Waals surface area (Å²) in [5.41, 5.74) is 0.512. The van der Waals surface area contributed by atoms with E-state index in [-0.39, 0.29) is 21.6 Å². The average molecular weight is 631 g/mol. The molecule has 17 heteroatoms. The second-order valence-corrected chi connectivity index (χ2v) is 13.6. The third kappa shape index (κ3) is 5.62. The van der Waals surface area contributed by atoms with Crippen LogP contribution in [0.3, 0.4) is 0 Å². The zero-order chi connectivity index (χ0) is 30.9. The van der Waals surface area contributed by atoms with Gasteiger partial charge < -0.3 is 0 Å². The molecule has 0 radical (unpaired) electrons. The molecule has 0 saturated carbocycles. The Hall–Kier alpha value is -3.86. The highest BCUT2D eigenvalue weighted by Gasteiger charge is 2.26. The summed E-state index contributed by atoms with van der Waals surface area (Å²) in [7, 11) is -4.99. The molecule has 1 atom stereocenters. The van der Waals surface area contributed by atoms with Crippen molar-refractivity contribution in [3.05, 3.63) is 31.8 Å². The maximum atomic E-state index is 12.6. The minimum atomic E-state index is -3.63. The summed E-state index contributed by atoms with van der Waals surface area (Å²) < 4.78 is 41.6. The van der Waals surface area contributed by atoms with Crippen molar-refractivity contribution in [3.8, 4) is 0 Å². The fourth-order valence-corrected chi connectivity index (χ4v) is 6.45. The van der Waals surface area contributed by atoms with Gasteiger partial charge in [-0.2, -0.15) is 0 Å². The van der Waals surface area contributed by atoms with E-state index >= 15 is 0 Å². The lowest BCUT2D eigenvalue weighted by Crippen LogP contribution is -2.24. The zero-order valence-corrected chi connectivity index (χ0v) is 26.2. The van der Waals surface area contributed by atoms with E-state index in [0.717, 1.165) is 55.7 Å². The molecule has 0 amide bonds.